The van der Waals surface area contributed by atoms with Crippen molar-refractivity contribution in [2.24, 2.45) is 11.8 Å². The minimum absolute atomic E-state index is 0.730. The maximum Gasteiger partial charge on any atom is 0.0221 e. The molecule has 100 valence electrons. The van der Waals surface area contributed by atoms with Gasteiger partial charge in [0.15, 0.2) is 0 Å². The van der Waals surface area contributed by atoms with Gasteiger partial charge in [-0.25, -0.2) is 0 Å². The fourth-order valence-corrected chi connectivity index (χ4v) is 3.57. The van der Waals surface area contributed by atoms with Crippen molar-refractivity contribution in [2.45, 2.75) is 71.5 Å². The van der Waals surface area contributed by atoms with Crippen LogP contribution in [0.4, 0.5) is 0 Å². The summed E-state index contributed by atoms with van der Waals surface area (Å²) in [5, 5.41) is 3.75. The Labute approximate surface area is 107 Å². The van der Waals surface area contributed by atoms with Gasteiger partial charge in [0, 0.05) is 31.2 Å². The molecular weight excluding hydrogens is 208 g/mol. The zero-order chi connectivity index (χ0) is 12.4. The van der Waals surface area contributed by atoms with Crippen molar-refractivity contribution in [1.29, 1.82) is 0 Å². The van der Waals surface area contributed by atoms with E-state index in [2.05, 4.69) is 37.9 Å². The molecule has 1 saturated heterocycles. The minimum atomic E-state index is 0.730. The van der Waals surface area contributed by atoms with Gasteiger partial charge in [0.25, 0.3) is 0 Å². The van der Waals surface area contributed by atoms with Crippen LogP contribution in [0.25, 0.3) is 0 Å². The average Bonchev–Trinajstić information content (AvgIpc) is 2.24. The van der Waals surface area contributed by atoms with E-state index in [9.17, 15) is 0 Å². The van der Waals surface area contributed by atoms with Gasteiger partial charge >= 0.3 is 0 Å². The summed E-state index contributed by atoms with van der Waals surface area (Å²) in [6.07, 6.45) is 5.50. The van der Waals surface area contributed by atoms with Crippen LogP contribution in [-0.2, 0) is 0 Å². The number of nitrogens with zero attached hydrogens (tertiary/aromatic N) is 1. The van der Waals surface area contributed by atoms with Gasteiger partial charge in [0.2, 0.25) is 0 Å². The second-order valence-corrected chi connectivity index (χ2v) is 6.72. The van der Waals surface area contributed by atoms with E-state index in [0.29, 0.717) is 0 Å². The average molecular weight is 238 g/mol. The third-order valence-electron chi connectivity index (χ3n) is 4.59. The van der Waals surface area contributed by atoms with Crippen LogP contribution in [0.1, 0.15) is 53.4 Å². The maximum atomic E-state index is 3.75. The van der Waals surface area contributed by atoms with Gasteiger partial charge in [-0.3, -0.25) is 4.90 Å². The van der Waals surface area contributed by atoms with Crippen LogP contribution >= 0.6 is 0 Å². The second kappa shape index (κ2) is 5.71. The Hall–Kier alpha value is -0.0800. The minimum Gasteiger partial charge on any atom is -0.311 e. The molecule has 1 N–H and O–H groups in total. The Morgan fingerprint density at radius 3 is 2.53 bits per heavy atom. The highest BCUT2D eigenvalue weighted by atomic mass is 15.3. The van der Waals surface area contributed by atoms with Crippen LogP contribution in [-0.4, -0.2) is 36.1 Å². The van der Waals surface area contributed by atoms with Crippen LogP contribution < -0.4 is 5.32 Å². The fourth-order valence-electron chi connectivity index (χ4n) is 3.57. The van der Waals surface area contributed by atoms with E-state index >= 15 is 0 Å². The molecule has 2 atom stereocenters. The lowest BCUT2D eigenvalue weighted by Crippen LogP contribution is -2.61. The molecule has 0 aromatic rings. The molecule has 2 unspecified atom stereocenters. The van der Waals surface area contributed by atoms with Crippen molar-refractivity contribution in [1.82, 2.24) is 10.2 Å². The third kappa shape index (κ3) is 3.23. The van der Waals surface area contributed by atoms with Crippen molar-refractivity contribution in [3.05, 3.63) is 0 Å². The molecule has 2 heteroatoms. The zero-order valence-corrected chi connectivity index (χ0v) is 12.1. The quantitative estimate of drug-likeness (QED) is 0.810. The van der Waals surface area contributed by atoms with Crippen LogP contribution in [0.15, 0.2) is 0 Å². The SMILES string of the molecule is CCC1CNC(CC(C)C)CN1C1CC(C)C1. The van der Waals surface area contributed by atoms with Crippen molar-refractivity contribution in [3.8, 4) is 0 Å². The fraction of sp³-hybridized carbons (Fsp3) is 1.00. The summed E-state index contributed by atoms with van der Waals surface area (Å²) in [7, 11) is 0. The highest BCUT2D eigenvalue weighted by molar-refractivity contribution is 4.94. The molecule has 1 saturated carbocycles. The highest BCUT2D eigenvalue weighted by Crippen LogP contribution is 2.34. The molecule has 0 spiro atoms. The summed E-state index contributed by atoms with van der Waals surface area (Å²) >= 11 is 0. The molecule has 2 aliphatic rings. The van der Waals surface area contributed by atoms with Gasteiger partial charge in [-0.2, -0.15) is 0 Å². The Morgan fingerprint density at radius 1 is 1.29 bits per heavy atom. The van der Waals surface area contributed by atoms with Crippen molar-refractivity contribution in [3.63, 3.8) is 0 Å². The molecule has 17 heavy (non-hydrogen) atoms. The summed E-state index contributed by atoms with van der Waals surface area (Å²) in [6, 6.07) is 2.41. The summed E-state index contributed by atoms with van der Waals surface area (Å²) in [4.78, 5) is 2.82. The summed E-state index contributed by atoms with van der Waals surface area (Å²) < 4.78 is 0. The predicted octanol–water partition coefficient (Wildman–Crippen LogP) is 2.88. The number of rotatable bonds is 4. The first-order valence-electron chi connectivity index (χ1n) is 7.59. The smallest absolute Gasteiger partial charge is 0.0221 e. The molecule has 0 amide bonds. The molecule has 0 bridgehead atoms. The van der Waals surface area contributed by atoms with Gasteiger partial charge in [0.1, 0.15) is 0 Å². The standard InChI is InChI=1S/C15H30N2/c1-5-14-9-16-13(6-11(2)3)10-17(14)15-7-12(4)8-15/h11-16H,5-10H2,1-4H3. The largest absolute Gasteiger partial charge is 0.311 e. The first-order chi connectivity index (χ1) is 8.10. The van der Waals surface area contributed by atoms with Gasteiger partial charge in [-0.05, 0) is 37.5 Å². The predicted molar refractivity (Wildman–Crippen MR) is 74.2 cm³/mol. The molecule has 1 aliphatic heterocycles. The van der Waals surface area contributed by atoms with Crippen molar-refractivity contribution >= 4 is 0 Å². The summed E-state index contributed by atoms with van der Waals surface area (Å²) in [5.74, 6) is 1.78. The maximum absolute atomic E-state index is 3.75. The summed E-state index contributed by atoms with van der Waals surface area (Å²) in [5.41, 5.74) is 0. The third-order valence-corrected chi connectivity index (χ3v) is 4.59. The summed E-state index contributed by atoms with van der Waals surface area (Å²) in [6.45, 7) is 11.9. The van der Waals surface area contributed by atoms with Gasteiger partial charge in [-0.15, -0.1) is 0 Å². The monoisotopic (exact) mass is 238 g/mol. The number of piperazine rings is 1. The van der Waals surface area contributed by atoms with E-state index in [4.69, 9.17) is 0 Å². The van der Waals surface area contributed by atoms with E-state index in [1.54, 1.807) is 0 Å². The van der Waals surface area contributed by atoms with Crippen LogP contribution in [0.2, 0.25) is 0 Å². The molecule has 2 rings (SSSR count). The molecule has 0 radical (unpaired) electrons. The van der Waals surface area contributed by atoms with Crippen LogP contribution in [0.5, 0.6) is 0 Å². The molecule has 1 heterocycles. The normalized spacial score (nSPS) is 39.4. The van der Waals surface area contributed by atoms with E-state index < -0.39 is 0 Å². The topological polar surface area (TPSA) is 15.3 Å². The number of hydrogen-bond donors (Lipinski definition) is 1. The molecule has 0 aromatic heterocycles. The van der Waals surface area contributed by atoms with E-state index in [-0.39, 0.29) is 0 Å². The second-order valence-electron chi connectivity index (χ2n) is 6.72. The first-order valence-corrected chi connectivity index (χ1v) is 7.59. The molecular formula is C15H30N2. The van der Waals surface area contributed by atoms with E-state index in [0.717, 1.165) is 30.0 Å². The lowest BCUT2D eigenvalue weighted by Gasteiger charge is -2.50. The Balaban J connectivity index is 1.89. The number of nitrogens with one attached hydrogen (secondary N) is 1. The number of hydrogen-bond acceptors (Lipinski definition) is 2. The Bertz CT molecular complexity index is 233. The Morgan fingerprint density at radius 2 is 2.00 bits per heavy atom. The highest BCUT2D eigenvalue weighted by Gasteiger charge is 2.37. The zero-order valence-electron chi connectivity index (χ0n) is 12.1. The van der Waals surface area contributed by atoms with Crippen LogP contribution in [0, 0.1) is 11.8 Å². The van der Waals surface area contributed by atoms with E-state index in [1.165, 1.54) is 38.8 Å². The van der Waals surface area contributed by atoms with E-state index in [1.807, 2.05) is 0 Å². The van der Waals surface area contributed by atoms with Gasteiger partial charge < -0.3 is 5.32 Å². The lowest BCUT2D eigenvalue weighted by molar-refractivity contribution is 0.0139. The molecule has 2 fully saturated rings. The molecule has 2 nitrogen and oxygen atoms in total. The Kier molecular flexibility index (Phi) is 4.48. The molecule has 0 aromatic carbocycles. The first kappa shape index (κ1) is 13.4. The van der Waals surface area contributed by atoms with Crippen molar-refractivity contribution < 1.29 is 0 Å². The van der Waals surface area contributed by atoms with Gasteiger partial charge in [0.05, 0.1) is 0 Å². The molecule has 1 aliphatic carbocycles. The van der Waals surface area contributed by atoms with Crippen LogP contribution in [0.3, 0.4) is 0 Å². The van der Waals surface area contributed by atoms with Crippen molar-refractivity contribution in [2.75, 3.05) is 13.1 Å². The van der Waals surface area contributed by atoms with Gasteiger partial charge in [-0.1, -0.05) is 27.7 Å². The lowest BCUT2D eigenvalue weighted by atomic mass is 9.79.